The van der Waals surface area contributed by atoms with Crippen LogP contribution in [0.4, 0.5) is 5.69 Å². The first-order valence-corrected chi connectivity index (χ1v) is 4.04. The van der Waals surface area contributed by atoms with Crippen LogP contribution in [0.25, 0.3) is 0 Å². The van der Waals surface area contributed by atoms with E-state index in [0.717, 1.165) is 12.1 Å². The van der Waals surface area contributed by atoms with Gasteiger partial charge in [-0.1, -0.05) is 0 Å². The average molecular weight is 251 g/mol. The maximum absolute atomic E-state index is 10.5. The molecule has 0 spiro atoms. The molecule has 1 aromatic carbocycles. The largest absolute Gasteiger partial charge is 0.504 e. The van der Waals surface area contributed by atoms with Crippen LogP contribution in [0.1, 0.15) is 11.6 Å². The minimum atomic E-state index is -0.845. The Morgan fingerprint density at radius 3 is 2.44 bits per heavy atom. The van der Waals surface area contributed by atoms with Gasteiger partial charge in [0.1, 0.15) is 0 Å². The molecular weight excluding hydrogens is 240 g/mol. The fraction of sp³-hybridized carbons (Fsp3) is 0.250. The molecule has 0 aliphatic carbocycles. The molecule has 0 amide bonds. The molecule has 8 heteroatoms. The van der Waals surface area contributed by atoms with Gasteiger partial charge in [0.2, 0.25) is 5.75 Å². The van der Waals surface area contributed by atoms with Crippen molar-refractivity contribution in [1.82, 2.24) is 0 Å². The molecule has 0 aliphatic heterocycles. The average Bonchev–Trinajstić information content (AvgIpc) is 2.20. The van der Waals surface area contributed by atoms with E-state index in [1.807, 2.05) is 0 Å². The lowest BCUT2D eigenvalue weighted by molar-refractivity contribution is -0.386. The molecule has 1 rings (SSSR count). The monoisotopic (exact) mass is 250 g/mol. The Hall–Kier alpha value is -1.57. The van der Waals surface area contributed by atoms with Crippen molar-refractivity contribution in [1.29, 1.82) is 0 Å². The highest BCUT2D eigenvalue weighted by Gasteiger charge is 2.20. The number of nitrogens with two attached hydrogens (primary N) is 1. The number of nitro groups is 1. The van der Waals surface area contributed by atoms with Gasteiger partial charge >= 0.3 is 5.69 Å². The lowest BCUT2D eigenvalue weighted by Crippen LogP contribution is -2.14. The van der Waals surface area contributed by atoms with Crippen molar-refractivity contribution < 1.29 is 20.2 Å². The molecule has 5 N–H and O–H groups in total. The zero-order valence-corrected chi connectivity index (χ0v) is 8.85. The van der Waals surface area contributed by atoms with Gasteiger partial charge in [-0.15, -0.1) is 12.4 Å². The molecule has 0 heterocycles. The first-order chi connectivity index (χ1) is 6.97. The van der Waals surface area contributed by atoms with E-state index in [1.54, 1.807) is 0 Å². The van der Waals surface area contributed by atoms with Crippen molar-refractivity contribution in [3.63, 3.8) is 0 Å². The van der Waals surface area contributed by atoms with Crippen LogP contribution in [0, 0.1) is 10.1 Å². The predicted octanol–water partition coefficient (Wildman–Crippen LogP) is 0.420. The van der Waals surface area contributed by atoms with Gasteiger partial charge in [0.05, 0.1) is 17.6 Å². The van der Waals surface area contributed by atoms with Crippen molar-refractivity contribution in [2.24, 2.45) is 5.73 Å². The van der Waals surface area contributed by atoms with E-state index in [9.17, 15) is 15.2 Å². The Morgan fingerprint density at radius 1 is 1.44 bits per heavy atom. The Kier molecular flexibility index (Phi) is 4.96. The molecule has 0 unspecified atom stereocenters. The quantitative estimate of drug-likeness (QED) is 0.349. The van der Waals surface area contributed by atoms with Crippen molar-refractivity contribution in [2.75, 3.05) is 6.61 Å². The highest BCUT2D eigenvalue weighted by Crippen LogP contribution is 2.37. The third-order valence-electron chi connectivity index (χ3n) is 1.91. The molecule has 0 bridgehead atoms. The number of aliphatic hydroxyl groups excluding tert-OH is 1. The van der Waals surface area contributed by atoms with E-state index in [0.29, 0.717) is 0 Å². The van der Waals surface area contributed by atoms with Crippen LogP contribution in [-0.4, -0.2) is 26.8 Å². The van der Waals surface area contributed by atoms with Gasteiger partial charge in [0, 0.05) is 6.07 Å². The summed E-state index contributed by atoms with van der Waals surface area (Å²) in [6.45, 7) is -0.415. The maximum Gasteiger partial charge on any atom is 0.314 e. The van der Waals surface area contributed by atoms with Crippen LogP contribution < -0.4 is 5.73 Å². The molecule has 1 atom stereocenters. The molecule has 16 heavy (non-hydrogen) atoms. The maximum atomic E-state index is 10.5. The van der Waals surface area contributed by atoms with Crippen LogP contribution in [0.15, 0.2) is 12.1 Å². The zero-order chi connectivity index (χ0) is 11.6. The fourth-order valence-corrected chi connectivity index (χ4v) is 1.08. The first kappa shape index (κ1) is 14.4. The Morgan fingerprint density at radius 2 is 2.00 bits per heavy atom. The van der Waals surface area contributed by atoms with Crippen LogP contribution in [0.2, 0.25) is 0 Å². The summed E-state index contributed by atoms with van der Waals surface area (Å²) in [6.07, 6.45) is 0. The normalized spacial score (nSPS) is 11.6. The number of nitro benzene ring substituents is 1. The number of benzene rings is 1. The molecule has 7 nitrogen and oxygen atoms in total. The van der Waals surface area contributed by atoms with Gasteiger partial charge in [0.25, 0.3) is 0 Å². The minimum Gasteiger partial charge on any atom is -0.504 e. The Bertz CT molecular complexity index is 398. The van der Waals surface area contributed by atoms with E-state index >= 15 is 0 Å². The standard InChI is InChI=1S/C8H10N2O5.ClH/c9-5(3-11)4-1-6(10(14)15)8(13)7(12)2-4;/h1-2,5,11-13H,3,9H2;1H/t5-;/m0./s1. The number of phenolic OH excluding ortho intramolecular Hbond substituents is 2. The van der Waals surface area contributed by atoms with Gasteiger partial charge in [0.15, 0.2) is 5.75 Å². The van der Waals surface area contributed by atoms with Crippen LogP contribution in [0.5, 0.6) is 11.5 Å². The lowest BCUT2D eigenvalue weighted by Gasteiger charge is -2.09. The summed E-state index contributed by atoms with van der Waals surface area (Å²) < 4.78 is 0. The Balaban J connectivity index is 0.00000225. The molecular formula is C8H11ClN2O5. The highest BCUT2D eigenvalue weighted by atomic mass is 35.5. The number of hydrogen-bond donors (Lipinski definition) is 4. The third kappa shape index (κ3) is 2.72. The van der Waals surface area contributed by atoms with E-state index in [1.165, 1.54) is 0 Å². The molecule has 0 aliphatic rings. The third-order valence-corrected chi connectivity index (χ3v) is 1.91. The van der Waals surface area contributed by atoms with Crippen molar-refractivity contribution >= 4 is 18.1 Å². The van der Waals surface area contributed by atoms with Gasteiger partial charge in [-0.3, -0.25) is 10.1 Å². The summed E-state index contributed by atoms with van der Waals surface area (Å²) in [5, 5.41) is 37.5. The number of hydrogen-bond acceptors (Lipinski definition) is 6. The number of rotatable bonds is 3. The second-order valence-corrected chi connectivity index (χ2v) is 2.95. The van der Waals surface area contributed by atoms with Crippen molar-refractivity contribution in [3.8, 4) is 11.5 Å². The summed E-state index contributed by atoms with van der Waals surface area (Å²) in [7, 11) is 0. The van der Waals surface area contributed by atoms with E-state index in [4.69, 9.17) is 15.9 Å². The summed E-state index contributed by atoms with van der Waals surface area (Å²) in [5.74, 6) is -1.45. The predicted molar refractivity (Wildman–Crippen MR) is 57.7 cm³/mol. The first-order valence-electron chi connectivity index (χ1n) is 4.04. The summed E-state index contributed by atoms with van der Waals surface area (Å²) in [6, 6.07) is 1.24. The van der Waals surface area contributed by atoms with Crippen molar-refractivity contribution in [3.05, 3.63) is 27.8 Å². The van der Waals surface area contributed by atoms with Gasteiger partial charge in [-0.2, -0.15) is 0 Å². The molecule has 90 valence electrons. The molecule has 0 aromatic heterocycles. The van der Waals surface area contributed by atoms with Gasteiger partial charge in [-0.05, 0) is 11.6 Å². The smallest absolute Gasteiger partial charge is 0.314 e. The van der Waals surface area contributed by atoms with Crippen LogP contribution in [0.3, 0.4) is 0 Å². The van der Waals surface area contributed by atoms with E-state index in [2.05, 4.69) is 0 Å². The van der Waals surface area contributed by atoms with Crippen molar-refractivity contribution in [2.45, 2.75) is 6.04 Å². The van der Waals surface area contributed by atoms with E-state index in [-0.39, 0.29) is 18.0 Å². The lowest BCUT2D eigenvalue weighted by atomic mass is 10.1. The Labute approximate surface area is 96.7 Å². The van der Waals surface area contributed by atoms with Crippen LogP contribution >= 0.6 is 12.4 Å². The molecule has 0 saturated carbocycles. The molecule has 0 saturated heterocycles. The molecule has 1 aromatic rings. The summed E-state index contributed by atoms with van der Waals surface area (Å²) in [5.41, 5.74) is 4.95. The number of aliphatic hydroxyl groups is 1. The second kappa shape index (κ2) is 5.50. The fourth-order valence-electron chi connectivity index (χ4n) is 1.08. The molecule has 0 fully saturated rings. The minimum absolute atomic E-state index is 0. The SMILES string of the molecule is Cl.N[C@@H](CO)c1cc(O)c(O)c([N+](=O)[O-])c1. The number of aromatic hydroxyl groups is 2. The van der Waals surface area contributed by atoms with E-state index < -0.39 is 34.8 Å². The number of nitrogens with zero attached hydrogens (tertiary/aromatic N) is 1. The zero-order valence-electron chi connectivity index (χ0n) is 8.03. The molecule has 0 radical (unpaired) electrons. The number of phenols is 2. The summed E-state index contributed by atoms with van der Waals surface area (Å²) in [4.78, 5) is 9.62. The van der Waals surface area contributed by atoms with Gasteiger partial charge in [-0.25, -0.2) is 0 Å². The van der Waals surface area contributed by atoms with Crippen LogP contribution in [-0.2, 0) is 0 Å². The second-order valence-electron chi connectivity index (χ2n) is 2.95. The van der Waals surface area contributed by atoms with Gasteiger partial charge < -0.3 is 21.1 Å². The highest BCUT2D eigenvalue weighted by molar-refractivity contribution is 5.85. The number of halogens is 1. The topological polar surface area (TPSA) is 130 Å². The summed E-state index contributed by atoms with van der Waals surface area (Å²) >= 11 is 0.